The lowest BCUT2D eigenvalue weighted by atomic mass is 9.97. The molecule has 6 nitrogen and oxygen atoms in total. The Hall–Kier alpha value is -2.11. The van der Waals surface area contributed by atoms with E-state index in [1.165, 1.54) is 7.11 Å². The van der Waals surface area contributed by atoms with Crippen LogP contribution in [-0.4, -0.2) is 31.1 Å². The fourth-order valence-electron chi connectivity index (χ4n) is 2.60. The van der Waals surface area contributed by atoms with Gasteiger partial charge in [0.1, 0.15) is 5.69 Å². The molecule has 1 fully saturated rings. The Bertz CT molecular complexity index is 530. The molecule has 0 bridgehead atoms. The van der Waals surface area contributed by atoms with E-state index in [1.54, 1.807) is 12.1 Å². The minimum atomic E-state index is -0.371. The molecule has 1 aliphatic heterocycles. The number of ether oxygens (including phenoxy) is 1. The van der Waals surface area contributed by atoms with Crippen molar-refractivity contribution in [1.29, 1.82) is 0 Å². The number of rotatable bonds is 3. The van der Waals surface area contributed by atoms with Gasteiger partial charge in [-0.25, -0.2) is 0 Å². The van der Waals surface area contributed by atoms with Crippen LogP contribution in [-0.2, 0) is 9.53 Å². The van der Waals surface area contributed by atoms with Gasteiger partial charge in [0.2, 0.25) is 0 Å². The van der Waals surface area contributed by atoms with E-state index in [9.17, 15) is 14.9 Å². The van der Waals surface area contributed by atoms with Gasteiger partial charge < -0.3 is 9.64 Å². The summed E-state index contributed by atoms with van der Waals surface area (Å²) in [5.41, 5.74) is 1.52. The van der Waals surface area contributed by atoms with Gasteiger partial charge in [0.25, 0.3) is 5.69 Å². The minimum absolute atomic E-state index is 0.0931. The summed E-state index contributed by atoms with van der Waals surface area (Å²) in [7, 11) is 1.37. The minimum Gasteiger partial charge on any atom is -0.469 e. The Morgan fingerprint density at radius 2 is 2.25 bits per heavy atom. The van der Waals surface area contributed by atoms with Crippen LogP contribution in [0.3, 0.4) is 0 Å². The lowest BCUT2D eigenvalue weighted by Gasteiger charge is -2.32. The second-order valence-corrected chi connectivity index (χ2v) is 5.06. The molecule has 2 rings (SSSR count). The molecule has 6 heteroatoms. The van der Waals surface area contributed by atoms with Crippen LogP contribution in [0, 0.1) is 23.0 Å². The van der Waals surface area contributed by atoms with Gasteiger partial charge in [0, 0.05) is 19.2 Å². The van der Waals surface area contributed by atoms with Crippen LogP contribution in [0.15, 0.2) is 18.2 Å². The Morgan fingerprint density at radius 1 is 1.50 bits per heavy atom. The van der Waals surface area contributed by atoms with E-state index in [2.05, 4.69) is 0 Å². The predicted octanol–water partition coefficient (Wildman–Crippen LogP) is 2.29. The number of nitro benzene ring substituents is 1. The number of methoxy groups -OCH3 is 1. The van der Waals surface area contributed by atoms with E-state index < -0.39 is 0 Å². The van der Waals surface area contributed by atoms with E-state index in [0.717, 1.165) is 24.9 Å². The number of hydrogen-bond donors (Lipinski definition) is 0. The van der Waals surface area contributed by atoms with Gasteiger partial charge in [0.05, 0.1) is 18.0 Å². The molecule has 108 valence electrons. The molecule has 1 unspecified atom stereocenters. The number of nitro groups is 1. The van der Waals surface area contributed by atoms with E-state index in [1.807, 2.05) is 17.9 Å². The van der Waals surface area contributed by atoms with Gasteiger partial charge in [-0.1, -0.05) is 6.07 Å². The number of piperidine rings is 1. The van der Waals surface area contributed by atoms with Crippen molar-refractivity contribution in [2.45, 2.75) is 19.8 Å². The average molecular weight is 278 g/mol. The second kappa shape index (κ2) is 5.90. The van der Waals surface area contributed by atoms with Crippen molar-refractivity contribution in [2.24, 2.45) is 5.92 Å². The number of carbonyl (C=O) groups is 1. The first-order valence-electron chi connectivity index (χ1n) is 6.60. The number of aryl methyl sites for hydroxylation is 1. The highest BCUT2D eigenvalue weighted by Gasteiger charge is 2.29. The van der Waals surface area contributed by atoms with Gasteiger partial charge in [-0.15, -0.1) is 0 Å². The van der Waals surface area contributed by atoms with Gasteiger partial charge >= 0.3 is 5.97 Å². The smallest absolute Gasteiger partial charge is 0.310 e. The van der Waals surface area contributed by atoms with Crippen LogP contribution >= 0.6 is 0 Å². The molecule has 0 saturated carbocycles. The van der Waals surface area contributed by atoms with E-state index >= 15 is 0 Å². The van der Waals surface area contributed by atoms with E-state index in [0.29, 0.717) is 12.2 Å². The normalized spacial score (nSPS) is 18.7. The molecule has 0 amide bonds. The van der Waals surface area contributed by atoms with E-state index in [4.69, 9.17) is 4.74 Å². The number of anilines is 1. The van der Waals surface area contributed by atoms with Crippen LogP contribution in [0.1, 0.15) is 18.4 Å². The summed E-state index contributed by atoms with van der Waals surface area (Å²) in [4.78, 5) is 24.3. The predicted molar refractivity (Wildman–Crippen MR) is 74.8 cm³/mol. The molecule has 0 spiro atoms. The molecule has 1 heterocycles. The molecule has 0 aromatic heterocycles. The number of carbonyl (C=O) groups excluding carboxylic acids is 1. The zero-order valence-electron chi connectivity index (χ0n) is 11.7. The maximum absolute atomic E-state index is 11.6. The first-order valence-corrected chi connectivity index (χ1v) is 6.60. The van der Waals surface area contributed by atoms with Gasteiger partial charge in [-0.05, 0) is 31.4 Å². The van der Waals surface area contributed by atoms with Crippen LogP contribution < -0.4 is 4.90 Å². The third-order valence-corrected chi connectivity index (χ3v) is 3.62. The first kappa shape index (κ1) is 14.3. The van der Waals surface area contributed by atoms with Gasteiger partial charge in [-0.2, -0.15) is 0 Å². The monoisotopic (exact) mass is 278 g/mol. The number of esters is 1. The van der Waals surface area contributed by atoms with Crippen LogP contribution in [0.4, 0.5) is 11.4 Å². The summed E-state index contributed by atoms with van der Waals surface area (Å²) in [6, 6.07) is 5.17. The molecule has 1 aliphatic rings. The summed E-state index contributed by atoms with van der Waals surface area (Å²) in [5.74, 6) is -0.459. The number of nitrogens with zero attached hydrogens (tertiary/aromatic N) is 2. The zero-order valence-corrected chi connectivity index (χ0v) is 11.7. The Balaban J connectivity index is 2.27. The zero-order chi connectivity index (χ0) is 14.7. The van der Waals surface area contributed by atoms with Crippen molar-refractivity contribution >= 4 is 17.3 Å². The Labute approximate surface area is 117 Å². The van der Waals surface area contributed by atoms with Crippen molar-refractivity contribution in [3.63, 3.8) is 0 Å². The highest BCUT2D eigenvalue weighted by atomic mass is 16.6. The molecule has 1 aromatic carbocycles. The SMILES string of the molecule is COC(=O)C1CCCN(c2ccc(C)cc2[N+](=O)[O-])C1. The molecule has 1 saturated heterocycles. The topological polar surface area (TPSA) is 72.7 Å². The van der Waals surface area contributed by atoms with Crippen LogP contribution in [0.2, 0.25) is 0 Å². The summed E-state index contributed by atoms with van der Waals surface area (Å²) < 4.78 is 4.77. The maximum atomic E-state index is 11.6. The van der Waals surface area contributed by atoms with E-state index in [-0.39, 0.29) is 22.5 Å². The summed E-state index contributed by atoms with van der Waals surface area (Å²) in [5, 5.41) is 11.2. The van der Waals surface area contributed by atoms with Crippen molar-refractivity contribution in [3.8, 4) is 0 Å². The molecule has 1 atom stereocenters. The van der Waals surface area contributed by atoms with Gasteiger partial charge in [0.15, 0.2) is 0 Å². The first-order chi connectivity index (χ1) is 9.52. The molecule has 0 N–H and O–H groups in total. The van der Waals surface area contributed by atoms with Crippen molar-refractivity contribution in [1.82, 2.24) is 0 Å². The summed E-state index contributed by atoms with van der Waals surface area (Å²) in [6.45, 7) is 3.01. The number of benzene rings is 1. The third kappa shape index (κ3) is 2.89. The Morgan fingerprint density at radius 3 is 2.90 bits per heavy atom. The van der Waals surface area contributed by atoms with Crippen LogP contribution in [0.25, 0.3) is 0 Å². The van der Waals surface area contributed by atoms with Crippen molar-refractivity contribution in [2.75, 3.05) is 25.1 Å². The lowest BCUT2D eigenvalue weighted by molar-refractivity contribution is -0.384. The summed E-state index contributed by atoms with van der Waals surface area (Å²) >= 11 is 0. The second-order valence-electron chi connectivity index (χ2n) is 5.06. The lowest BCUT2D eigenvalue weighted by Crippen LogP contribution is -2.39. The molecule has 20 heavy (non-hydrogen) atoms. The van der Waals surface area contributed by atoms with Crippen molar-refractivity contribution in [3.05, 3.63) is 33.9 Å². The average Bonchev–Trinajstić information content (AvgIpc) is 2.46. The largest absolute Gasteiger partial charge is 0.469 e. The van der Waals surface area contributed by atoms with Crippen molar-refractivity contribution < 1.29 is 14.5 Å². The molecule has 0 aliphatic carbocycles. The quantitative estimate of drug-likeness (QED) is 0.482. The highest BCUT2D eigenvalue weighted by Crippen LogP contribution is 2.32. The summed E-state index contributed by atoms with van der Waals surface area (Å²) in [6.07, 6.45) is 1.59. The molecular weight excluding hydrogens is 260 g/mol. The fourth-order valence-corrected chi connectivity index (χ4v) is 2.60. The molecule has 1 aromatic rings. The van der Waals surface area contributed by atoms with Crippen LogP contribution in [0.5, 0.6) is 0 Å². The fraction of sp³-hybridized carbons (Fsp3) is 0.500. The Kier molecular flexibility index (Phi) is 4.22. The third-order valence-electron chi connectivity index (χ3n) is 3.62. The molecular formula is C14H18N2O4. The maximum Gasteiger partial charge on any atom is 0.310 e. The highest BCUT2D eigenvalue weighted by molar-refractivity contribution is 5.74. The van der Waals surface area contributed by atoms with Gasteiger partial charge in [-0.3, -0.25) is 14.9 Å². The number of hydrogen-bond acceptors (Lipinski definition) is 5. The standard InChI is InChI=1S/C14H18N2O4/c1-10-5-6-12(13(8-10)16(18)19)15-7-3-4-11(9-15)14(17)20-2/h5-6,8,11H,3-4,7,9H2,1-2H3. The molecule has 0 radical (unpaired) electrons.